The number of thiazole rings is 1. The third kappa shape index (κ3) is 5.68. The Hall–Kier alpha value is -2.12. The van der Waals surface area contributed by atoms with Crippen LogP contribution in [-0.4, -0.2) is 18.5 Å². The molecule has 0 aliphatic rings. The minimum atomic E-state index is -6.09. The van der Waals surface area contributed by atoms with E-state index in [0.29, 0.717) is 0 Å². The second-order valence-corrected chi connectivity index (χ2v) is 7.93. The maximum absolute atomic E-state index is 10.7. The molecule has 1 heterocycles. The summed E-state index contributed by atoms with van der Waals surface area (Å²) in [5.74, 6) is 6.40. The van der Waals surface area contributed by atoms with E-state index in [0.717, 1.165) is 15.6 Å². The van der Waals surface area contributed by atoms with E-state index in [1.165, 1.54) is 10.2 Å². The summed E-state index contributed by atoms with van der Waals surface area (Å²) < 4.78 is 62.3. The molecule has 27 heavy (non-hydrogen) atoms. The maximum atomic E-state index is 10.7. The van der Waals surface area contributed by atoms with Crippen molar-refractivity contribution >= 4 is 43.3 Å². The molecule has 0 fully saturated rings. The molecule has 0 spiro atoms. The van der Waals surface area contributed by atoms with Crippen molar-refractivity contribution in [3.63, 3.8) is 0 Å². The Morgan fingerprint density at radius 3 is 2.15 bits per heavy atom. The van der Waals surface area contributed by atoms with Gasteiger partial charge in [0.25, 0.3) is 0 Å². The lowest BCUT2D eigenvalue weighted by molar-refractivity contribution is -0.642. The highest BCUT2D eigenvalue weighted by molar-refractivity contribution is 7.86. The molecule has 4 nitrogen and oxygen atoms in total. The van der Waals surface area contributed by atoms with Gasteiger partial charge in [0, 0.05) is 22.6 Å². The molecule has 0 N–H and O–H groups in total. The summed E-state index contributed by atoms with van der Waals surface area (Å²) >= 11 is 7.57. The number of alkyl halides is 3. The number of para-hydroxylation sites is 1. The van der Waals surface area contributed by atoms with Gasteiger partial charge in [-0.25, -0.2) is 8.42 Å². The standard InChI is InChI=1S/C16H11ClNS.CHF3O3S/c1-18-14-4-2-3-5-15(14)19-16(18)11-8-12-6-9-13(17)10-7-12;2-1(3,4)8(5,6)7/h2-7,9-10H,1H3;(H,5,6,7)/q+1;/p-1. The minimum absolute atomic E-state index is 0.734. The number of aryl methyl sites for hydroxylation is 1. The van der Waals surface area contributed by atoms with Crippen LogP contribution in [0.3, 0.4) is 0 Å². The van der Waals surface area contributed by atoms with Gasteiger partial charge in [-0.2, -0.15) is 17.7 Å². The lowest BCUT2D eigenvalue weighted by Gasteiger charge is -2.08. The van der Waals surface area contributed by atoms with E-state index in [4.69, 9.17) is 24.6 Å². The Kier molecular flexibility index (Phi) is 6.49. The molecule has 0 saturated carbocycles. The lowest BCUT2D eigenvalue weighted by Crippen LogP contribution is -2.29. The number of nitrogens with zero attached hydrogens (tertiary/aromatic N) is 1. The van der Waals surface area contributed by atoms with Crippen LogP contribution in [0.2, 0.25) is 5.02 Å². The minimum Gasteiger partial charge on any atom is -0.741 e. The van der Waals surface area contributed by atoms with Crippen LogP contribution in [0, 0.1) is 11.8 Å². The third-order valence-corrected chi connectivity index (χ3v) is 5.13. The van der Waals surface area contributed by atoms with Gasteiger partial charge in [-0.15, -0.1) is 0 Å². The van der Waals surface area contributed by atoms with Gasteiger partial charge in [-0.3, -0.25) is 0 Å². The van der Waals surface area contributed by atoms with Crippen LogP contribution >= 0.6 is 22.9 Å². The van der Waals surface area contributed by atoms with E-state index < -0.39 is 15.6 Å². The molecule has 3 rings (SSSR count). The van der Waals surface area contributed by atoms with E-state index >= 15 is 0 Å². The van der Waals surface area contributed by atoms with Crippen molar-refractivity contribution in [3.05, 3.63) is 64.1 Å². The Morgan fingerprint density at radius 1 is 1.07 bits per heavy atom. The van der Waals surface area contributed by atoms with Crippen LogP contribution in [0.4, 0.5) is 13.2 Å². The molecule has 0 saturated heterocycles. The van der Waals surface area contributed by atoms with Gasteiger partial charge in [0.15, 0.2) is 10.1 Å². The van der Waals surface area contributed by atoms with Gasteiger partial charge in [0.1, 0.15) is 11.7 Å². The zero-order valence-corrected chi connectivity index (χ0v) is 16.0. The van der Waals surface area contributed by atoms with Crippen LogP contribution in [0.5, 0.6) is 0 Å². The average molecular weight is 434 g/mol. The van der Waals surface area contributed by atoms with Crippen molar-refractivity contribution in [2.45, 2.75) is 5.51 Å². The van der Waals surface area contributed by atoms with Crippen molar-refractivity contribution in [1.29, 1.82) is 0 Å². The van der Waals surface area contributed by atoms with Gasteiger partial charge in [-0.1, -0.05) is 41.0 Å². The number of hydrogen-bond donors (Lipinski definition) is 0. The summed E-state index contributed by atoms with van der Waals surface area (Å²) in [4.78, 5) is 0. The molecule has 0 radical (unpaired) electrons. The van der Waals surface area contributed by atoms with Crippen LogP contribution in [0.25, 0.3) is 10.2 Å². The zero-order chi connectivity index (χ0) is 20.2. The number of hydrogen-bond acceptors (Lipinski definition) is 4. The second-order valence-electron chi connectivity index (χ2n) is 5.09. The Labute approximate surface area is 162 Å². The first-order valence-electron chi connectivity index (χ1n) is 7.16. The zero-order valence-electron chi connectivity index (χ0n) is 13.6. The van der Waals surface area contributed by atoms with Crippen LogP contribution in [0.15, 0.2) is 48.5 Å². The molecule has 0 unspecified atom stereocenters. The first-order chi connectivity index (χ1) is 12.5. The SMILES string of the molecule is C[n+]1c(C#Cc2ccc(Cl)cc2)sc2ccccc21.O=S(=O)([O-])C(F)(F)F. The van der Waals surface area contributed by atoms with E-state index in [1.807, 2.05) is 37.4 Å². The van der Waals surface area contributed by atoms with E-state index in [9.17, 15) is 13.2 Å². The molecule has 0 bridgehead atoms. The van der Waals surface area contributed by atoms with Crippen molar-refractivity contribution in [2.24, 2.45) is 7.05 Å². The van der Waals surface area contributed by atoms with E-state index in [1.54, 1.807) is 11.3 Å². The largest absolute Gasteiger partial charge is 0.741 e. The summed E-state index contributed by atoms with van der Waals surface area (Å²) in [6, 6.07) is 15.9. The number of rotatable bonds is 0. The highest BCUT2D eigenvalue weighted by atomic mass is 35.5. The first-order valence-corrected chi connectivity index (χ1v) is 9.76. The van der Waals surface area contributed by atoms with E-state index in [-0.39, 0.29) is 0 Å². The summed E-state index contributed by atoms with van der Waals surface area (Å²) in [5, 5.41) is 1.79. The van der Waals surface area contributed by atoms with Gasteiger partial charge in [-0.05, 0) is 30.3 Å². The fourth-order valence-electron chi connectivity index (χ4n) is 1.87. The molecule has 0 aliphatic heterocycles. The highest BCUT2D eigenvalue weighted by Crippen LogP contribution is 2.20. The summed E-state index contributed by atoms with van der Waals surface area (Å²) in [6.45, 7) is 0. The Bertz CT molecular complexity index is 1110. The van der Waals surface area contributed by atoms with Gasteiger partial charge in [0.05, 0.1) is 0 Å². The topological polar surface area (TPSA) is 61.1 Å². The fraction of sp³-hybridized carbons (Fsp3) is 0.118. The van der Waals surface area contributed by atoms with Gasteiger partial charge in [0.2, 0.25) is 5.52 Å². The Balaban J connectivity index is 0.000000279. The fourth-order valence-corrected chi connectivity index (χ4v) is 3.00. The molecule has 1 aromatic heterocycles. The molecular weight excluding hydrogens is 423 g/mol. The molecule has 0 aliphatic carbocycles. The smallest absolute Gasteiger partial charge is 0.485 e. The molecule has 10 heteroatoms. The number of halogens is 4. The maximum Gasteiger partial charge on any atom is 0.485 e. The monoisotopic (exact) mass is 433 g/mol. The van der Waals surface area contributed by atoms with E-state index in [2.05, 4.69) is 34.6 Å². The van der Waals surface area contributed by atoms with Gasteiger partial charge >= 0.3 is 10.5 Å². The number of benzene rings is 2. The average Bonchev–Trinajstić information content (AvgIpc) is 2.90. The summed E-state index contributed by atoms with van der Waals surface area (Å²) in [5.41, 5.74) is -3.46. The lowest BCUT2D eigenvalue weighted by atomic mass is 10.2. The predicted octanol–water partition coefficient (Wildman–Crippen LogP) is 3.83. The van der Waals surface area contributed by atoms with Gasteiger partial charge < -0.3 is 4.55 Å². The molecule has 3 aromatic rings. The normalized spacial score (nSPS) is 11.3. The number of fused-ring (bicyclic) bond motifs is 1. The van der Waals surface area contributed by atoms with Crippen molar-refractivity contribution in [2.75, 3.05) is 0 Å². The third-order valence-electron chi connectivity index (χ3n) is 3.18. The molecular formula is C17H11ClF3NO3S2. The quantitative estimate of drug-likeness (QED) is 0.234. The van der Waals surface area contributed by atoms with Crippen molar-refractivity contribution < 1.29 is 30.7 Å². The number of aromatic nitrogens is 1. The summed E-state index contributed by atoms with van der Waals surface area (Å²) in [6.07, 6.45) is 0. The summed E-state index contributed by atoms with van der Waals surface area (Å²) in [7, 11) is -4.04. The van der Waals surface area contributed by atoms with Crippen LogP contribution < -0.4 is 4.57 Å². The van der Waals surface area contributed by atoms with Crippen molar-refractivity contribution in [3.8, 4) is 11.8 Å². The molecule has 2 aromatic carbocycles. The van der Waals surface area contributed by atoms with Crippen molar-refractivity contribution in [1.82, 2.24) is 0 Å². The predicted molar refractivity (Wildman–Crippen MR) is 96.2 cm³/mol. The molecule has 142 valence electrons. The first kappa shape index (κ1) is 21.2. The second kappa shape index (κ2) is 8.27. The molecule has 0 amide bonds. The Morgan fingerprint density at radius 2 is 1.63 bits per heavy atom. The molecule has 0 atom stereocenters. The van der Waals surface area contributed by atoms with Crippen LogP contribution in [-0.2, 0) is 17.2 Å². The van der Waals surface area contributed by atoms with Crippen LogP contribution in [0.1, 0.15) is 10.6 Å². The highest BCUT2D eigenvalue weighted by Gasteiger charge is 2.36.